The lowest BCUT2D eigenvalue weighted by atomic mass is 10.1. The van der Waals surface area contributed by atoms with Gasteiger partial charge in [0.2, 0.25) is 0 Å². The third-order valence-corrected chi connectivity index (χ3v) is 5.93. The predicted octanol–water partition coefficient (Wildman–Crippen LogP) is 4.90. The van der Waals surface area contributed by atoms with E-state index in [0.717, 1.165) is 16.5 Å². The van der Waals surface area contributed by atoms with Gasteiger partial charge in [-0.15, -0.1) is 0 Å². The normalized spacial score (nSPS) is 11.1. The van der Waals surface area contributed by atoms with E-state index in [1.165, 1.54) is 17.8 Å². The van der Waals surface area contributed by atoms with Crippen molar-refractivity contribution in [3.8, 4) is 5.75 Å². The van der Waals surface area contributed by atoms with Crippen molar-refractivity contribution in [2.75, 3.05) is 0 Å². The summed E-state index contributed by atoms with van der Waals surface area (Å²) < 4.78 is 11.3. The molecule has 0 radical (unpaired) electrons. The monoisotopic (exact) mass is 442 g/mol. The van der Waals surface area contributed by atoms with Crippen LogP contribution in [0.2, 0.25) is 0 Å². The Kier molecular flexibility index (Phi) is 5.47. The number of hydrogen-bond acceptors (Lipinski definition) is 6. The van der Waals surface area contributed by atoms with E-state index in [2.05, 4.69) is 9.97 Å². The van der Waals surface area contributed by atoms with Gasteiger partial charge >= 0.3 is 5.63 Å². The van der Waals surface area contributed by atoms with Crippen molar-refractivity contribution in [2.45, 2.75) is 17.5 Å². The molecule has 5 aromatic rings. The van der Waals surface area contributed by atoms with Gasteiger partial charge in [0.1, 0.15) is 17.9 Å². The lowest BCUT2D eigenvalue weighted by molar-refractivity contribution is 0.306. The van der Waals surface area contributed by atoms with E-state index in [9.17, 15) is 9.59 Å². The van der Waals surface area contributed by atoms with E-state index < -0.39 is 5.63 Å². The van der Waals surface area contributed by atoms with Gasteiger partial charge in [0.25, 0.3) is 5.56 Å². The maximum Gasteiger partial charge on any atom is 0.336 e. The topological polar surface area (TPSA) is 85.2 Å². The van der Waals surface area contributed by atoms with E-state index >= 15 is 0 Å². The largest absolute Gasteiger partial charge is 0.489 e. The maximum atomic E-state index is 12.3. The summed E-state index contributed by atoms with van der Waals surface area (Å²) in [4.78, 5) is 31.7. The van der Waals surface area contributed by atoms with Crippen molar-refractivity contribution >= 4 is 33.6 Å². The number of ether oxygens (including phenoxy) is 1. The fraction of sp³-hybridized carbons (Fsp3) is 0.0800. The average Bonchev–Trinajstić information content (AvgIpc) is 2.81. The quantitative estimate of drug-likeness (QED) is 0.229. The van der Waals surface area contributed by atoms with Gasteiger partial charge in [0, 0.05) is 23.3 Å². The highest BCUT2D eigenvalue weighted by Gasteiger charge is 2.10. The summed E-state index contributed by atoms with van der Waals surface area (Å²) in [5, 5.41) is 1.86. The highest BCUT2D eigenvalue weighted by molar-refractivity contribution is 7.98. The lowest BCUT2D eigenvalue weighted by Gasteiger charge is -2.09. The number of aromatic amines is 1. The number of benzene rings is 3. The fourth-order valence-electron chi connectivity index (χ4n) is 3.44. The van der Waals surface area contributed by atoms with Crippen LogP contribution in [0.1, 0.15) is 11.1 Å². The molecule has 0 saturated heterocycles. The molecule has 0 amide bonds. The molecule has 7 heteroatoms. The van der Waals surface area contributed by atoms with Crippen molar-refractivity contribution in [3.05, 3.63) is 111 Å². The highest BCUT2D eigenvalue weighted by Crippen LogP contribution is 2.27. The van der Waals surface area contributed by atoms with Gasteiger partial charge in [-0.25, -0.2) is 9.78 Å². The Morgan fingerprint density at radius 2 is 1.72 bits per heavy atom. The van der Waals surface area contributed by atoms with Gasteiger partial charge in [-0.3, -0.25) is 4.79 Å². The number of fused-ring (bicyclic) bond motifs is 2. The van der Waals surface area contributed by atoms with Crippen LogP contribution in [-0.2, 0) is 12.4 Å². The van der Waals surface area contributed by atoms with Crippen LogP contribution in [0.4, 0.5) is 0 Å². The molecule has 158 valence electrons. The van der Waals surface area contributed by atoms with E-state index in [0.29, 0.717) is 39.8 Å². The van der Waals surface area contributed by atoms with Crippen LogP contribution in [0.25, 0.3) is 21.9 Å². The summed E-state index contributed by atoms with van der Waals surface area (Å²) in [5.74, 6) is 1.07. The van der Waals surface area contributed by atoms with E-state index in [4.69, 9.17) is 9.15 Å². The molecule has 0 aliphatic heterocycles. The highest BCUT2D eigenvalue weighted by atomic mass is 32.2. The third-order valence-electron chi connectivity index (χ3n) is 5.01. The molecule has 6 nitrogen and oxygen atoms in total. The SMILES string of the molecule is O=c1cc(CSc2nc3ccccc3c(=O)[nH]2)c2ccc(OCc3ccccc3)cc2o1. The number of hydrogen-bond donors (Lipinski definition) is 1. The molecule has 0 spiro atoms. The molecule has 5 rings (SSSR count). The van der Waals surface area contributed by atoms with Crippen LogP contribution in [0.3, 0.4) is 0 Å². The second-order valence-corrected chi connectivity index (χ2v) is 8.16. The first kappa shape index (κ1) is 20.1. The van der Waals surface area contributed by atoms with Crippen LogP contribution in [0.15, 0.2) is 98.0 Å². The number of thioether (sulfide) groups is 1. The van der Waals surface area contributed by atoms with Gasteiger partial charge < -0.3 is 14.1 Å². The number of H-pyrrole nitrogens is 1. The second kappa shape index (κ2) is 8.72. The summed E-state index contributed by atoms with van der Waals surface area (Å²) >= 11 is 1.36. The zero-order chi connectivity index (χ0) is 21.9. The molecule has 0 aliphatic carbocycles. The molecule has 0 unspecified atom stereocenters. The first-order chi connectivity index (χ1) is 15.7. The first-order valence-electron chi connectivity index (χ1n) is 10.0. The molecule has 0 saturated carbocycles. The van der Waals surface area contributed by atoms with Crippen LogP contribution >= 0.6 is 11.8 Å². The predicted molar refractivity (Wildman–Crippen MR) is 125 cm³/mol. The molecule has 0 bridgehead atoms. The van der Waals surface area contributed by atoms with Crippen molar-refractivity contribution < 1.29 is 9.15 Å². The van der Waals surface area contributed by atoms with Crippen molar-refractivity contribution in [1.82, 2.24) is 9.97 Å². The number of nitrogens with one attached hydrogen (secondary N) is 1. The van der Waals surface area contributed by atoms with Crippen LogP contribution < -0.4 is 15.9 Å². The number of aromatic nitrogens is 2. The number of rotatable bonds is 6. The Bertz CT molecular complexity index is 1530. The second-order valence-electron chi connectivity index (χ2n) is 7.20. The smallest absolute Gasteiger partial charge is 0.336 e. The Labute approximate surface area is 186 Å². The summed E-state index contributed by atoms with van der Waals surface area (Å²) in [6, 6.07) is 24.0. The average molecular weight is 442 g/mol. The Morgan fingerprint density at radius 3 is 2.59 bits per heavy atom. The van der Waals surface area contributed by atoms with Gasteiger partial charge in [-0.05, 0) is 35.4 Å². The Hall–Kier alpha value is -3.84. The summed E-state index contributed by atoms with van der Waals surface area (Å²) in [6.45, 7) is 0.424. The summed E-state index contributed by atoms with van der Waals surface area (Å²) in [5.41, 5.74) is 2.32. The molecule has 0 fully saturated rings. The van der Waals surface area contributed by atoms with E-state index in [-0.39, 0.29) is 5.56 Å². The molecule has 3 aromatic carbocycles. The summed E-state index contributed by atoms with van der Waals surface area (Å²) in [7, 11) is 0. The maximum absolute atomic E-state index is 12.3. The van der Waals surface area contributed by atoms with Crippen molar-refractivity contribution in [1.29, 1.82) is 0 Å². The van der Waals surface area contributed by atoms with Crippen LogP contribution in [0, 0.1) is 0 Å². The van der Waals surface area contributed by atoms with Crippen molar-refractivity contribution in [2.24, 2.45) is 0 Å². The van der Waals surface area contributed by atoms with Crippen molar-refractivity contribution in [3.63, 3.8) is 0 Å². The zero-order valence-electron chi connectivity index (χ0n) is 16.9. The van der Waals surface area contributed by atoms with Crippen LogP contribution in [0.5, 0.6) is 5.75 Å². The third kappa shape index (κ3) is 4.29. The van der Waals surface area contributed by atoms with Crippen LogP contribution in [-0.4, -0.2) is 9.97 Å². The molecular formula is C25H18N2O4S. The first-order valence-corrected chi connectivity index (χ1v) is 11.0. The van der Waals surface area contributed by atoms with E-state index in [1.54, 1.807) is 24.3 Å². The molecule has 2 aromatic heterocycles. The molecule has 1 N–H and O–H groups in total. The van der Waals surface area contributed by atoms with E-state index in [1.807, 2.05) is 48.5 Å². The van der Waals surface area contributed by atoms with Gasteiger partial charge in [0.05, 0.1) is 10.9 Å². The van der Waals surface area contributed by atoms with Gasteiger partial charge in [-0.2, -0.15) is 0 Å². The minimum Gasteiger partial charge on any atom is -0.489 e. The van der Waals surface area contributed by atoms with Gasteiger partial charge in [-0.1, -0.05) is 54.2 Å². The standard InChI is InChI=1S/C25H18N2O4S/c28-23-12-17(15-32-25-26-21-9-5-4-8-20(21)24(29)27-25)19-11-10-18(13-22(19)31-23)30-14-16-6-2-1-3-7-16/h1-13H,14-15H2,(H,26,27,29). The minimum absolute atomic E-state index is 0.184. The molecule has 32 heavy (non-hydrogen) atoms. The Morgan fingerprint density at radius 1 is 0.906 bits per heavy atom. The summed E-state index contributed by atoms with van der Waals surface area (Å²) in [6.07, 6.45) is 0. The minimum atomic E-state index is -0.437. The molecule has 2 heterocycles. The molecule has 0 atom stereocenters. The zero-order valence-corrected chi connectivity index (χ0v) is 17.7. The Balaban J connectivity index is 1.39. The fourth-order valence-corrected chi connectivity index (χ4v) is 4.30. The lowest BCUT2D eigenvalue weighted by Crippen LogP contribution is -2.09. The van der Waals surface area contributed by atoms with Gasteiger partial charge in [0.15, 0.2) is 5.16 Å². The number of nitrogens with zero attached hydrogens (tertiary/aromatic N) is 1. The molecular weight excluding hydrogens is 424 g/mol. The molecule has 0 aliphatic rings. The number of para-hydroxylation sites is 1.